The average Bonchev–Trinajstić information content (AvgIpc) is 2.43. The molecule has 0 radical (unpaired) electrons. The van der Waals surface area contributed by atoms with Gasteiger partial charge in [0.1, 0.15) is 0 Å². The van der Waals surface area contributed by atoms with Crippen molar-refractivity contribution in [1.82, 2.24) is 4.90 Å². The van der Waals surface area contributed by atoms with Crippen molar-refractivity contribution in [3.8, 4) is 0 Å². The van der Waals surface area contributed by atoms with Gasteiger partial charge in [0.2, 0.25) is 0 Å². The van der Waals surface area contributed by atoms with Crippen LogP contribution in [0.1, 0.15) is 12.0 Å². The third kappa shape index (κ3) is 2.79. The van der Waals surface area contributed by atoms with Gasteiger partial charge in [-0.1, -0.05) is 18.2 Å². The quantitative estimate of drug-likeness (QED) is 0.813. The highest BCUT2D eigenvalue weighted by Gasteiger charge is 2.32. The molecule has 0 bridgehead atoms. The van der Waals surface area contributed by atoms with Crippen LogP contribution in [0.4, 0.5) is 5.69 Å². The van der Waals surface area contributed by atoms with Crippen molar-refractivity contribution in [2.75, 3.05) is 25.0 Å². The maximum absolute atomic E-state index is 12.0. The summed E-state index contributed by atoms with van der Waals surface area (Å²) in [5.41, 5.74) is 1.39. The van der Waals surface area contributed by atoms with E-state index >= 15 is 0 Å². The molecule has 2 amide bonds. The molecular weight excluding hydrogens is 260 g/mol. The Kier molecular flexibility index (Phi) is 4.02. The zero-order valence-corrected chi connectivity index (χ0v) is 11.2. The van der Waals surface area contributed by atoms with Gasteiger partial charge in [-0.05, 0) is 18.1 Å². The lowest BCUT2D eigenvalue weighted by atomic mass is 10.1. The number of likely N-dealkylation sites (N-methyl/N-ethyl adjacent to an activating group) is 1. The lowest BCUT2D eigenvalue weighted by Gasteiger charge is -2.32. The second-order valence-electron chi connectivity index (χ2n) is 4.71. The Bertz CT molecular complexity index is 556. The molecule has 1 aliphatic heterocycles. The van der Waals surface area contributed by atoms with Gasteiger partial charge < -0.3 is 14.9 Å². The van der Waals surface area contributed by atoms with Crippen LogP contribution in [-0.2, 0) is 20.8 Å². The summed E-state index contributed by atoms with van der Waals surface area (Å²) in [5.74, 6) is -1.99. The molecule has 106 valence electrons. The summed E-state index contributed by atoms with van der Waals surface area (Å²) in [4.78, 5) is 37.3. The highest BCUT2D eigenvalue weighted by molar-refractivity contribution is 6.41. The highest BCUT2D eigenvalue weighted by Crippen LogP contribution is 2.23. The van der Waals surface area contributed by atoms with Crippen LogP contribution in [0.15, 0.2) is 24.3 Å². The van der Waals surface area contributed by atoms with Gasteiger partial charge in [0.15, 0.2) is 0 Å². The normalized spacial score (nSPS) is 15.7. The number of nitrogens with zero attached hydrogens (tertiary/aromatic N) is 2. The lowest BCUT2D eigenvalue weighted by Crippen LogP contribution is -2.53. The molecule has 1 N–H and O–H groups in total. The third-order valence-electron chi connectivity index (χ3n) is 3.32. The minimum absolute atomic E-state index is 0.00705. The Morgan fingerprint density at radius 1 is 1.20 bits per heavy atom. The maximum atomic E-state index is 12.0. The fourth-order valence-electron chi connectivity index (χ4n) is 2.19. The number of carbonyl (C=O) groups excluding carboxylic acids is 2. The predicted octanol–water partition coefficient (Wildman–Crippen LogP) is 0.509. The number of carboxylic acid groups (broad SMARTS) is 1. The number of amides is 2. The van der Waals surface area contributed by atoms with Gasteiger partial charge in [0.25, 0.3) is 0 Å². The van der Waals surface area contributed by atoms with Crippen LogP contribution < -0.4 is 4.90 Å². The topological polar surface area (TPSA) is 77.9 Å². The van der Waals surface area contributed by atoms with Crippen molar-refractivity contribution in [3.05, 3.63) is 29.8 Å². The highest BCUT2D eigenvalue weighted by atomic mass is 16.4. The molecule has 20 heavy (non-hydrogen) atoms. The Morgan fingerprint density at radius 3 is 2.60 bits per heavy atom. The second-order valence-corrected chi connectivity index (χ2v) is 4.71. The van der Waals surface area contributed by atoms with Crippen LogP contribution in [0.25, 0.3) is 0 Å². The number of carbonyl (C=O) groups is 3. The minimum Gasteiger partial charge on any atom is -0.481 e. The number of rotatable bonds is 4. The Hall–Kier alpha value is -2.37. The van der Waals surface area contributed by atoms with Gasteiger partial charge >= 0.3 is 17.8 Å². The van der Waals surface area contributed by atoms with E-state index < -0.39 is 17.8 Å². The van der Waals surface area contributed by atoms with E-state index in [-0.39, 0.29) is 6.42 Å². The lowest BCUT2D eigenvalue weighted by molar-refractivity contribution is -0.145. The van der Waals surface area contributed by atoms with E-state index in [0.717, 1.165) is 5.56 Å². The molecule has 0 atom stereocenters. The van der Waals surface area contributed by atoms with E-state index in [1.807, 2.05) is 0 Å². The van der Waals surface area contributed by atoms with E-state index in [4.69, 9.17) is 5.11 Å². The molecule has 1 fully saturated rings. The van der Waals surface area contributed by atoms with E-state index in [1.54, 1.807) is 31.3 Å². The summed E-state index contributed by atoms with van der Waals surface area (Å²) < 4.78 is 0. The molecule has 2 rings (SSSR count). The number of carboxylic acids is 1. The van der Waals surface area contributed by atoms with Gasteiger partial charge in [-0.2, -0.15) is 0 Å². The molecule has 0 unspecified atom stereocenters. The van der Waals surface area contributed by atoms with Crippen molar-refractivity contribution >= 4 is 23.5 Å². The number of aryl methyl sites for hydroxylation is 1. The largest absolute Gasteiger partial charge is 0.481 e. The molecule has 1 aromatic carbocycles. The average molecular weight is 276 g/mol. The van der Waals surface area contributed by atoms with Crippen molar-refractivity contribution in [2.24, 2.45) is 0 Å². The number of para-hydroxylation sites is 1. The van der Waals surface area contributed by atoms with Crippen LogP contribution in [0.3, 0.4) is 0 Å². The van der Waals surface area contributed by atoms with Crippen LogP contribution in [-0.4, -0.2) is 47.9 Å². The maximum Gasteiger partial charge on any atom is 0.316 e. The van der Waals surface area contributed by atoms with E-state index in [2.05, 4.69) is 0 Å². The number of benzene rings is 1. The number of piperazine rings is 1. The molecule has 1 aliphatic rings. The van der Waals surface area contributed by atoms with E-state index in [9.17, 15) is 14.4 Å². The SMILES string of the molecule is CN1CCN(c2ccccc2CCC(=O)O)C(=O)C1=O. The van der Waals surface area contributed by atoms with Crippen molar-refractivity contribution < 1.29 is 19.5 Å². The Morgan fingerprint density at radius 2 is 1.90 bits per heavy atom. The number of aliphatic carboxylic acids is 1. The van der Waals surface area contributed by atoms with Gasteiger partial charge in [0, 0.05) is 32.2 Å². The summed E-state index contributed by atoms with van der Waals surface area (Å²) in [6, 6.07) is 7.10. The van der Waals surface area contributed by atoms with Crippen molar-refractivity contribution in [1.29, 1.82) is 0 Å². The molecule has 0 aromatic heterocycles. The molecule has 0 spiro atoms. The smallest absolute Gasteiger partial charge is 0.316 e. The summed E-state index contributed by atoms with van der Waals surface area (Å²) in [6.45, 7) is 0.892. The summed E-state index contributed by atoms with van der Waals surface area (Å²) >= 11 is 0. The number of anilines is 1. The Labute approximate surface area is 116 Å². The Balaban J connectivity index is 2.26. The zero-order valence-electron chi connectivity index (χ0n) is 11.2. The van der Waals surface area contributed by atoms with Crippen molar-refractivity contribution in [3.63, 3.8) is 0 Å². The fraction of sp³-hybridized carbons (Fsp3) is 0.357. The van der Waals surface area contributed by atoms with E-state index in [1.165, 1.54) is 9.80 Å². The summed E-state index contributed by atoms with van der Waals surface area (Å²) in [5, 5.41) is 8.76. The first-order valence-electron chi connectivity index (χ1n) is 6.37. The molecule has 1 heterocycles. The van der Waals surface area contributed by atoms with Gasteiger partial charge in [0.05, 0.1) is 0 Å². The monoisotopic (exact) mass is 276 g/mol. The van der Waals surface area contributed by atoms with E-state index in [0.29, 0.717) is 25.2 Å². The number of hydrogen-bond donors (Lipinski definition) is 1. The molecule has 0 aliphatic carbocycles. The molecule has 6 nitrogen and oxygen atoms in total. The summed E-state index contributed by atoms with van der Waals surface area (Å²) in [6.07, 6.45) is 0.326. The summed E-state index contributed by atoms with van der Waals surface area (Å²) in [7, 11) is 1.59. The van der Waals surface area contributed by atoms with Gasteiger partial charge in [-0.15, -0.1) is 0 Å². The van der Waals surface area contributed by atoms with Crippen molar-refractivity contribution in [2.45, 2.75) is 12.8 Å². The first kappa shape index (κ1) is 14.0. The number of hydrogen-bond acceptors (Lipinski definition) is 3. The van der Waals surface area contributed by atoms with Gasteiger partial charge in [-0.25, -0.2) is 0 Å². The van der Waals surface area contributed by atoms with Crippen LogP contribution in [0.2, 0.25) is 0 Å². The first-order chi connectivity index (χ1) is 9.50. The molecule has 0 saturated carbocycles. The van der Waals surface area contributed by atoms with Crippen LogP contribution in [0.5, 0.6) is 0 Å². The third-order valence-corrected chi connectivity index (χ3v) is 3.32. The first-order valence-corrected chi connectivity index (χ1v) is 6.37. The van der Waals surface area contributed by atoms with Crippen LogP contribution in [0, 0.1) is 0 Å². The zero-order chi connectivity index (χ0) is 14.7. The van der Waals surface area contributed by atoms with Gasteiger partial charge in [-0.3, -0.25) is 14.4 Å². The molecule has 1 saturated heterocycles. The second kappa shape index (κ2) is 5.73. The molecule has 6 heteroatoms. The minimum atomic E-state index is -0.888. The standard InChI is InChI=1S/C14H16N2O4/c1-15-8-9-16(14(20)13(15)19)11-5-3-2-4-10(11)6-7-12(17)18/h2-5H,6-9H2,1H3,(H,17,18). The molecule has 1 aromatic rings. The predicted molar refractivity (Wildman–Crippen MR) is 72.4 cm³/mol. The fourth-order valence-corrected chi connectivity index (χ4v) is 2.19. The van der Waals surface area contributed by atoms with Crippen LogP contribution >= 0.6 is 0 Å². The molecular formula is C14H16N2O4.